The Bertz CT molecular complexity index is 314. The van der Waals surface area contributed by atoms with Gasteiger partial charge in [-0.1, -0.05) is 0 Å². The summed E-state index contributed by atoms with van der Waals surface area (Å²) in [6, 6.07) is 0. The van der Waals surface area contributed by atoms with Gasteiger partial charge in [-0.15, -0.1) is 0 Å². The summed E-state index contributed by atoms with van der Waals surface area (Å²) < 4.78 is 123. The molecule has 134 valence electrons. The van der Waals surface area contributed by atoms with E-state index in [0.29, 0.717) is 13.8 Å². The Labute approximate surface area is 119 Å². The molecule has 12 heteroatoms. The molecule has 0 heterocycles. The first kappa shape index (κ1) is 21.2. The topological polar surface area (TPSA) is 27.7 Å². The van der Waals surface area contributed by atoms with E-state index in [2.05, 4.69) is 14.2 Å². The highest BCUT2D eigenvalue weighted by atomic mass is 19.4. The molecule has 0 amide bonds. The van der Waals surface area contributed by atoms with Crippen molar-refractivity contribution in [1.29, 1.82) is 0 Å². The van der Waals surface area contributed by atoms with Crippen molar-refractivity contribution in [1.82, 2.24) is 0 Å². The molecule has 0 atom stereocenters. The summed E-state index contributed by atoms with van der Waals surface area (Å²) in [6.45, 7) is -7.20. The van der Waals surface area contributed by atoms with Crippen LogP contribution in [-0.2, 0) is 14.2 Å². The van der Waals surface area contributed by atoms with E-state index in [0.717, 1.165) is 0 Å². The molecule has 0 saturated heterocycles. The van der Waals surface area contributed by atoms with E-state index in [1.54, 1.807) is 0 Å². The third-order valence-electron chi connectivity index (χ3n) is 1.76. The molecule has 22 heavy (non-hydrogen) atoms. The highest BCUT2D eigenvalue weighted by Crippen LogP contribution is 2.35. The Morgan fingerprint density at radius 3 is 1.23 bits per heavy atom. The van der Waals surface area contributed by atoms with Crippen molar-refractivity contribution in [3.63, 3.8) is 0 Å². The number of ether oxygens (including phenoxy) is 3. The summed E-state index contributed by atoms with van der Waals surface area (Å²) in [5, 5.41) is 0. The number of rotatable bonds is 9. The van der Waals surface area contributed by atoms with Gasteiger partial charge in [-0.25, -0.2) is 17.6 Å². The average molecular weight is 352 g/mol. The largest absolute Gasteiger partial charge is 0.455 e. The van der Waals surface area contributed by atoms with Crippen LogP contribution in [0.1, 0.15) is 13.8 Å². The predicted molar refractivity (Wildman–Crippen MR) is 53.9 cm³/mol. The predicted octanol–water partition coefficient (Wildman–Crippen LogP) is 3.83. The molecular formula is C10H13F9O3. The van der Waals surface area contributed by atoms with Gasteiger partial charge in [-0.2, -0.15) is 22.0 Å². The molecule has 3 nitrogen and oxygen atoms in total. The maximum atomic E-state index is 12.6. The number of halogens is 9. The quantitative estimate of drug-likeness (QED) is 0.466. The highest BCUT2D eigenvalue weighted by molar-refractivity contribution is 4.74. The number of hydrogen-bond donors (Lipinski definition) is 0. The molecule has 0 aromatic rings. The first-order valence-corrected chi connectivity index (χ1v) is 5.58. The monoisotopic (exact) mass is 352 g/mol. The Hall–Kier alpha value is -0.750. The molecule has 0 aliphatic rings. The summed E-state index contributed by atoms with van der Waals surface area (Å²) >= 11 is 0. The van der Waals surface area contributed by atoms with Crippen LogP contribution in [-0.4, -0.2) is 50.2 Å². The first-order valence-electron chi connectivity index (χ1n) is 5.58. The Kier molecular flexibility index (Phi) is 6.97. The van der Waals surface area contributed by atoms with Crippen LogP contribution in [0.25, 0.3) is 0 Å². The zero-order chi connectivity index (χ0) is 17.8. The van der Waals surface area contributed by atoms with Crippen LogP contribution in [0.2, 0.25) is 0 Å². The minimum absolute atomic E-state index is 0.336. The van der Waals surface area contributed by atoms with Gasteiger partial charge in [0.2, 0.25) is 0 Å². The van der Waals surface area contributed by atoms with Crippen molar-refractivity contribution < 1.29 is 53.7 Å². The van der Waals surface area contributed by atoms with Crippen LogP contribution >= 0.6 is 0 Å². The molecule has 0 bridgehead atoms. The molecule has 0 aromatic heterocycles. The van der Waals surface area contributed by atoms with Crippen molar-refractivity contribution in [2.24, 2.45) is 0 Å². The Morgan fingerprint density at radius 1 is 0.636 bits per heavy atom. The van der Waals surface area contributed by atoms with Crippen LogP contribution in [0, 0.1) is 0 Å². The van der Waals surface area contributed by atoms with E-state index < -0.39 is 50.2 Å². The van der Waals surface area contributed by atoms with Crippen molar-refractivity contribution in [2.45, 2.75) is 44.3 Å². The molecule has 0 N–H and O–H groups in total. The van der Waals surface area contributed by atoms with E-state index in [9.17, 15) is 39.5 Å². The summed E-state index contributed by atoms with van der Waals surface area (Å²) in [6.07, 6.45) is -5.97. The molecule has 0 aliphatic heterocycles. The fourth-order valence-corrected chi connectivity index (χ4v) is 0.828. The van der Waals surface area contributed by atoms with Gasteiger partial charge in [0.05, 0.1) is 0 Å². The van der Waals surface area contributed by atoms with Gasteiger partial charge in [-0.3, -0.25) is 0 Å². The van der Waals surface area contributed by atoms with Crippen LogP contribution in [0.3, 0.4) is 0 Å². The second-order valence-corrected chi connectivity index (χ2v) is 4.56. The molecule has 0 unspecified atom stereocenters. The molecular weight excluding hydrogens is 339 g/mol. The van der Waals surface area contributed by atoms with E-state index in [1.807, 2.05) is 0 Å². The molecule has 0 radical (unpaired) electrons. The standard InChI is InChI=1S/C10H13F9O3/c1-7(11,12)3-20-6(21-4-8(2,13)14)22-5-9(15,16)10(17,18)19/h6H,3-5H2,1-2H3. The van der Waals surface area contributed by atoms with Gasteiger partial charge in [0.1, 0.15) is 19.8 Å². The van der Waals surface area contributed by atoms with E-state index in [4.69, 9.17) is 0 Å². The first-order chi connectivity index (χ1) is 9.54. The van der Waals surface area contributed by atoms with Crippen molar-refractivity contribution in [3.8, 4) is 0 Å². The van der Waals surface area contributed by atoms with Gasteiger partial charge in [-0.05, 0) is 0 Å². The maximum Gasteiger partial charge on any atom is 0.455 e. The third-order valence-corrected chi connectivity index (χ3v) is 1.76. The highest BCUT2D eigenvalue weighted by Gasteiger charge is 2.58. The molecule has 0 spiro atoms. The number of alkyl halides is 9. The fourth-order valence-electron chi connectivity index (χ4n) is 0.828. The van der Waals surface area contributed by atoms with Crippen LogP contribution in [0.4, 0.5) is 39.5 Å². The van der Waals surface area contributed by atoms with E-state index in [1.165, 1.54) is 0 Å². The molecule has 0 aromatic carbocycles. The summed E-state index contributed by atoms with van der Waals surface area (Å²) in [5.74, 6) is -12.3. The van der Waals surface area contributed by atoms with Gasteiger partial charge < -0.3 is 14.2 Å². The van der Waals surface area contributed by atoms with Gasteiger partial charge >= 0.3 is 12.1 Å². The van der Waals surface area contributed by atoms with Crippen LogP contribution in [0.15, 0.2) is 0 Å². The van der Waals surface area contributed by atoms with Gasteiger partial charge in [0.25, 0.3) is 18.3 Å². The summed E-state index contributed by atoms with van der Waals surface area (Å²) in [4.78, 5) is 0. The van der Waals surface area contributed by atoms with Crippen molar-refractivity contribution in [3.05, 3.63) is 0 Å². The zero-order valence-corrected chi connectivity index (χ0v) is 11.3. The lowest BCUT2D eigenvalue weighted by Gasteiger charge is -2.25. The SMILES string of the molecule is CC(F)(F)COC(OCC(C)(F)F)OCC(F)(F)C(F)(F)F. The lowest BCUT2D eigenvalue weighted by atomic mass is 10.3. The van der Waals surface area contributed by atoms with Gasteiger partial charge in [0.15, 0.2) is 0 Å². The lowest BCUT2D eigenvalue weighted by molar-refractivity contribution is -0.356. The van der Waals surface area contributed by atoms with Gasteiger partial charge in [0, 0.05) is 13.8 Å². The minimum atomic E-state index is -5.97. The zero-order valence-electron chi connectivity index (χ0n) is 11.3. The normalized spacial score (nSPS) is 14.7. The Balaban J connectivity index is 4.65. The van der Waals surface area contributed by atoms with Crippen molar-refractivity contribution >= 4 is 0 Å². The van der Waals surface area contributed by atoms with Crippen molar-refractivity contribution in [2.75, 3.05) is 19.8 Å². The summed E-state index contributed by atoms with van der Waals surface area (Å²) in [5.41, 5.74) is 0. The number of hydrogen-bond acceptors (Lipinski definition) is 3. The molecule has 0 aliphatic carbocycles. The molecule has 0 fully saturated rings. The van der Waals surface area contributed by atoms with E-state index in [-0.39, 0.29) is 0 Å². The lowest BCUT2D eigenvalue weighted by Crippen LogP contribution is -2.43. The van der Waals surface area contributed by atoms with Crippen LogP contribution < -0.4 is 0 Å². The molecule has 0 rings (SSSR count). The Morgan fingerprint density at radius 2 is 0.955 bits per heavy atom. The second-order valence-electron chi connectivity index (χ2n) is 4.56. The van der Waals surface area contributed by atoms with E-state index >= 15 is 0 Å². The third kappa shape index (κ3) is 9.30. The molecule has 0 saturated carbocycles. The maximum absolute atomic E-state index is 12.6. The minimum Gasteiger partial charge on any atom is -0.324 e. The second kappa shape index (κ2) is 7.21. The van der Waals surface area contributed by atoms with Crippen LogP contribution in [0.5, 0.6) is 0 Å². The smallest absolute Gasteiger partial charge is 0.324 e. The average Bonchev–Trinajstić information content (AvgIpc) is 2.23. The summed E-state index contributed by atoms with van der Waals surface area (Å²) in [7, 11) is 0. The fraction of sp³-hybridized carbons (Fsp3) is 1.00.